The number of carbonyl (C=O) groups excluding carboxylic acids is 2. The summed E-state index contributed by atoms with van der Waals surface area (Å²) in [5.41, 5.74) is 0. The topological polar surface area (TPSA) is 52.6 Å². The van der Waals surface area contributed by atoms with Gasteiger partial charge in [0.15, 0.2) is 0 Å². The smallest absolute Gasteiger partial charge is 0.317 e. The quantitative estimate of drug-likeness (QED) is 0.355. The van der Waals surface area contributed by atoms with Crippen molar-refractivity contribution in [3.05, 3.63) is 0 Å². The highest BCUT2D eigenvalue weighted by atomic mass is 16.6. The number of hydrogen-bond acceptors (Lipinski definition) is 4. The Hall–Kier alpha value is -1.06. The number of unbranched alkanes of at least 4 members (excludes halogenated alkanes) is 1. The summed E-state index contributed by atoms with van der Waals surface area (Å²) in [6.45, 7) is 6.89. The predicted octanol–water partition coefficient (Wildman–Crippen LogP) is 2.70. The Morgan fingerprint density at radius 1 is 1.06 bits per heavy atom. The molecular weight excluding hydrogens is 220 g/mol. The van der Waals surface area contributed by atoms with Gasteiger partial charge < -0.3 is 9.47 Å². The lowest BCUT2D eigenvalue weighted by Gasteiger charge is -2.10. The van der Waals surface area contributed by atoms with E-state index < -0.39 is 11.9 Å². The molecule has 0 aliphatic carbocycles. The molecule has 0 radical (unpaired) electrons. The molecule has 0 aliphatic rings. The zero-order chi connectivity index (χ0) is 13.1. The van der Waals surface area contributed by atoms with E-state index in [9.17, 15) is 9.59 Å². The summed E-state index contributed by atoms with van der Waals surface area (Å²) >= 11 is 0. The van der Waals surface area contributed by atoms with Crippen LogP contribution in [0, 0.1) is 5.92 Å². The van der Waals surface area contributed by atoms with Crippen molar-refractivity contribution >= 4 is 11.9 Å². The van der Waals surface area contributed by atoms with Gasteiger partial charge in [-0.3, -0.25) is 9.59 Å². The highest BCUT2D eigenvalue weighted by molar-refractivity contribution is 5.91. The van der Waals surface area contributed by atoms with Crippen molar-refractivity contribution in [3.8, 4) is 0 Å². The van der Waals surface area contributed by atoms with E-state index in [1.165, 1.54) is 0 Å². The number of ether oxygens (including phenoxy) is 2. The van der Waals surface area contributed by atoms with Crippen molar-refractivity contribution in [2.45, 2.75) is 52.9 Å². The fraction of sp³-hybridized carbons (Fsp3) is 0.846. The Bertz CT molecular complexity index is 225. The summed E-state index contributed by atoms with van der Waals surface area (Å²) in [5.74, 6) is -0.638. The molecule has 0 heterocycles. The molecular formula is C13H24O4. The van der Waals surface area contributed by atoms with Gasteiger partial charge in [0, 0.05) is 0 Å². The summed E-state index contributed by atoms with van der Waals surface area (Å²) in [6, 6.07) is 0. The molecule has 0 fully saturated rings. The molecule has 0 amide bonds. The first-order valence-electron chi connectivity index (χ1n) is 6.41. The fourth-order valence-electron chi connectivity index (χ4n) is 1.36. The third-order valence-electron chi connectivity index (χ3n) is 2.36. The van der Waals surface area contributed by atoms with Crippen LogP contribution in [0.25, 0.3) is 0 Å². The van der Waals surface area contributed by atoms with Crippen LogP contribution >= 0.6 is 0 Å². The minimum Gasteiger partial charge on any atom is -0.465 e. The second kappa shape index (κ2) is 10.1. The number of carbonyl (C=O) groups is 2. The molecule has 0 N–H and O–H groups in total. The maximum atomic E-state index is 11.3. The molecule has 0 aromatic rings. The summed E-state index contributed by atoms with van der Waals surface area (Å²) < 4.78 is 9.86. The van der Waals surface area contributed by atoms with Crippen LogP contribution in [-0.4, -0.2) is 25.2 Å². The van der Waals surface area contributed by atoms with Crippen LogP contribution in [0.15, 0.2) is 0 Å². The third kappa shape index (κ3) is 9.85. The number of rotatable bonds is 9. The van der Waals surface area contributed by atoms with Gasteiger partial charge in [0.2, 0.25) is 0 Å². The first-order valence-corrected chi connectivity index (χ1v) is 6.41. The van der Waals surface area contributed by atoms with E-state index >= 15 is 0 Å². The monoisotopic (exact) mass is 244 g/mol. The van der Waals surface area contributed by atoms with Gasteiger partial charge in [-0.25, -0.2) is 0 Å². The second-order valence-electron chi connectivity index (χ2n) is 4.33. The van der Waals surface area contributed by atoms with Crippen molar-refractivity contribution < 1.29 is 19.1 Å². The highest BCUT2D eigenvalue weighted by Crippen LogP contribution is 2.05. The van der Waals surface area contributed by atoms with Gasteiger partial charge in [-0.1, -0.05) is 33.6 Å². The predicted molar refractivity (Wildman–Crippen MR) is 65.5 cm³/mol. The summed E-state index contributed by atoms with van der Waals surface area (Å²) in [5, 5.41) is 0. The molecule has 0 spiro atoms. The van der Waals surface area contributed by atoms with E-state index in [1.807, 2.05) is 13.8 Å². The molecule has 0 saturated heterocycles. The maximum absolute atomic E-state index is 11.3. The van der Waals surface area contributed by atoms with Gasteiger partial charge >= 0.3 is 11.9 Å². The van der Waals surface area contributed by atoms with E-state index in [0.717, 1.165) is 25.7 Å². The second-order valence-corrected chi connectivity index (χ2v) is 4.33. The van der Waals surface area contributed by atoms with Gasteiger partial charge in [-0.05, 0) is 18.8 Å². The lowest BCUT2D eigenvalue weighted by Crippen LogP contribution is -2.17. The minimum absolute atomic E-state index is 0.275. The zero-order valence-corrected chi connectivity index (χ0v) is 11.2. The first kappa shape index (κ1) is 15.9. The Balaban J connectivity index is 3.60. The SMILES string of the molecule is CCCCOC(=O)CC(=O)OCC(C)CCC. The van der Waals surface area contributed by atoms with Crippen molar-refractivity contribution in [2.75, 3.05) is 13.2 Å². The lowest BCUT2D eigenvalue weighted by molar-refractivity contribution is -0.155. The Kier molecular flexibility index (Phi) is 9.49. The molecule has 17 heavy (non-hydrogen) atoms. The van der Waals surface area contributed by atoms with Gasteiger partial charge in [-0.15, -0.1) is 0 Å². The average Bonchev–Trinajstić information content (AvgIpc) is 2.27. The molecule has 4 nitrogen and oxygen atoms in total. The van der Waals surface area contributed by atoms with Gasteiger partial charge in [-0.2, -0.15) is 0 Å². The molecule has 0 saturated carbocycles. The Morgan fingerprint density at radius 3 is 2.29 bits per heavy atom. The summed E-state index contributed by atoms with van der Waals surface area (Å²) in [6.07, 6.45) is 3.61. The van der Waals surface area contributed by atoms with Crippen LogP contribution in [0.2, 0.25) is 0 Å². The van der Waals surface area contributed by atoms with Gasteiger partial charge in [0.05, 0.1) is 13.2 Å². The van der Waals surface area contributed by atoms with E-state index in [1.54, 1.807) is 0 Å². The molecule has 100 valence electrons. The van der Waals surface area contributed by atoms with E-state index in [4.69, 9.17) is 9.47 Å². The number of hydrogen-bond donors (Lipinski definition) is 0. The minimum atomic E-state index is -0.494. The molecule has 0 aromatic heterocycles. The van der Waals surface area contributed by atoms with E-state index in [2.05, 4.69) is 6.92 Å². The van der Waals surface area contributed by atoms with Crippen LogP contribution in [0.3, 0.4) is 0 Å². The molecule has 0 bridgehead atoms. The molecule has 1 atom stereocenters. The molecule has 0 aliphatic heterocycles. The normalized spacial score (nSPS) is 11.9. The van der Waals surface area contributed by atoms with Crippen molar-refractivity contribution in [1.29, 1.82) is 0 Å². The van der Waals surface area contributed by atoms with E-state index in [-0.39, 0.29) is 6.42 Å². The van der Waals surface area contributed by atoms with Crippen molar-refractivity contribution in [3.63, 3.8) is 0 Å². The lowest BCUT2D eigenvalue weighted by atomic mass is 10.1. The largest absolute Gasteiger partial charge is 0.465 e. The van der Waals surface area contributed by atoms with Crippen molar-refractivity contribution in [2.24, 2.45) is 5.92 Å². The molecule has 1 unspecified atom stereocenters. The summed E-state index contributed by atoms with van der Waals surface area (Å²) in [4.78, 5) is 22.4. The third-order valence-corrected chi connectivity index (χ3v) is 2.36. The Labute approximate surface area is 104 Å². The molecule has 4 heteroatoms. The maximum Gasteiger partial charge on any atom is 0.317 e. The first-order chi connectivity index (χ1) is 8.10. The standard InChI is InChI=1S/C13H24O4/c1-4-6-8-16-12(14)9-13(15)17-10-11(3)7-5-2/h11H,4-10H2,1-3H3. The van der Waals surface area contributed by atoms with Crippen LogP contribution in [0.4, 0.5) is 0 Å². The molecule has 0 rings (SSSR count). The van der Waals surface area contributed by atoms with Gasteiger partial charge in [0.1, 0.15) is 6.42 Å². The number of esters is 2. The Morgan fingerprint density at radius 2 is 1.71 bits per heavy atom. The zero-order valence-electron chi connectivity index (χ0n) is 11.2. The fourth-order valence-corrected chi connectivity index (χ4v) is 1.36. The van der Waals surface area contributed by atoms with Crippen LogP contribution < -0.4 is 0 Å². The highest BCUT2D eigenvalue weighted by Gasteiger charge is 2.13. The van der Waals surface area contributed by atoms with Crippen molar-refractivity contribution in [1.82, 2.24) is 0 Å². The van der Waals surface area contributed by atoms with Gasteiger partial charge in [0.25, 0.3) is 0 Å². The van der Waals surface area contributed by atoms with Crippen LogP contribution in [-0.2, 0) is 19.1 Å². The average molecular weight is 244 g/mol. The van der Waals surface area contributed by atoms with E-state index in [0.29, 0.717) is 19.1 Å². The molecule has 0 aromatic carbocycles. The summed E-state index contributed by atoms with van der Waals surface area (Å²) in [7, 11) is 0. The van der Waals surface area contributed by atoms with Crippen LogP contribution in [0.1, 0.15) is 52.9 Å². The van der Waals surface area contributed by atoms with Crippen LogP contribution in [0.5, 0.6) is 0 Å².